The van der Waals surface area contributed by atoms with Gasteiger partial charge in [-0.15, -0.1) is 0 Å². The van der Waals surface area contributed by atoms with E-state index in [1.54, 1.807) is 54.6 Å². The fourth-order valence-corrected chi connectivity index (χ4v) is 5.97. The van der Waals surface area contributed by atoms with Crippen LogP contribution in [0.4, 0.5) is 5.13 Å². The average molecular weight is 565 g/mol. The van der Waals surface area contributed by atoms with Gasteiger partial charge >= 0.3 is 5.91 Å². The molecule has 3 aromatic carbocycles. The number of Topliss-reactive ketones (excluding diaryl/α,β-unsaturated/α-hetero) is 1. The molecular weight excluding hydrogens is 544 g/mol. The van der Waals surface area contributed by atoms with Crippen LogP contribution in [0.2, 0.25) is 5.02 Å². The van der Waals surface area contributed by atoms with E-state index >= 15 is 0 Å². The molecule has 4 aromatic rings. The first kappa shape index (κ1) is 25.0. The first-order chi connectivity index (χ1) is 18.9. The molecule has 0 bridgehead atoms. The first-order valence-corrected chi connectivity index (χ1v) is 13.1. The highest BCUT2D eigenvalue weighted by Gasteiger charge is 2.48. The van der Waals surface area contributed by atoms with Gasteiger partial charge < -0.3 is 24.1 Å². The number of nitrogens with zero attached hydrogens (tertiary/aromatic N) is 2. The summed E-state index contributed by atoms with van der Waals surface area (Å²) in [7, 11) is 3.00. The summed E-state index contributed by atoms with van der Waals surface area (Å²) in [6, 6.07) is 14.1. The summed E-state index contributed by atoms with van der Waals surface area (Å²) < 4.78 is 22.8. The zero-order valence-electron chi connectivity index (χ0n) is 20.8. The quantitative estimate of drug-likeness (QED) is 0.196. The van der Waals surface area contributed by atoms with E-state index in [0.717, 1.165) is 4.70 Å². The number of halogens is 1. The molecule has 1 fully saturated rings. The van der Waals surface area contributed by atoms with Gasteiger partial charge in [-0.1, -0.05) is 29.0 Å². The van der Waals surface area contributed by atoms with Crippen molar-refractivity contribution in [1.82, 2.24) is 4.98 Å². The van der Waals surface area contributed by atoms with Crippen molar-refractivity contribution in [3.63, 3.8) is 0 Å². The van der Waals surface area contributed by atoms with E-state index in [4.69, 9.17) is 30.5 Å². The number of aliphatic hydroxyl groups excluding tert-OH is 1. The largest absolute Gasteiger partial charge is 0.507 e. The lowest BCUT2D eigenvalue weighted by atomic mass is 9.95. The molecule has 1 saturated heterocycles. The Balaban J connectivity index is 1.56. The van der Waals surface area contributed by atoms with Crippen LogP contribution in [0.3, 0.4) is 0 Å². The van der Waals surface area contributed by atoms with Crippen LogP contribution in [-0.4, -0.2) is 49.2 Å². The number of benzene rings is 3. The molecule has 1 N–H and O–H groups in total. The van der Waals surface area contributed by atoms with Crippen LogP contribution in [0.15, 0.2) is 60.2 Å². The summed E-state index contributed by atoms with van der Waals surface area (Å²) in [5, 5.41) is 12.3. The zero-order chi connectivity index (χ0) is 27.3. The smallest absolute Gasteiger partial charge is 0.301 e. The van der Waals surface area contributed by atoms with Gasteiger partial charge in [0, 0.05) is 10.6 Å². The molecule has 0 saturated carbocycles. The van der Waals surface area contributed by atoms with Crippen LogP contribution >= 0.6 is 22.9 Å². The topological polar surface area (TPSA) is 107 Å². The van der Waals surface area contributed by atoms with Gasteiger partial charge in [0.2, 0.25) is 0 Å². The van der Waals surface area contributed by atoms with E-state index in [1.807, 2.05) is 0 Å². The van der Waals surface area contributed by atoms with E-state index in [-0.39, 0.29) is 16.5 Å². The molecule has 11 heteroatoms. The second-order valence-corrected chi connectivity index (χ2v) is 10.2. The maximum absolute atomic E-state index is 13.6. The molecule has 0 aliphatic carbocycles. The second-order valence-electron chi connectivity index (χ2n) is 8.75. The predicted molar refractivity (Wildman–Crippen MR) is 146 cm³/mol. The molecular formula is C28H21ClN2O7S. The Kier molecular flexibility index (Phi) is 6.28. The number of fused-ring (bicyclic) bond motifs is 2. The number of rotatable bonds is 5. The van der Waals surface area contributed by atoms with Gasteiger partial charge in [0.1, 0.15) is 19.0 Å². The van der Waals surface area contributed by atoms with Crippen LogP contribution in [0.5, 0.6) is 23.0 Å². The fraction of sp³-hybridized carbons (Fsp3) is 0.179. The van der Waals surface area contributed by atoms with E-state index < -0.39 is 17.7 Å². The number of ether oxygens (including phenoxy) is 4. The fourth-order valence-electron chi connectivity index (χ4n) is 4.70. The number of hydrogen-bond acceptors (Lipinski definition) is 9. The minimum absolute atomic E-state index is 0.0961. The number of hydrogen-bond donors (Lipinski definition) is 1. The normalized spacial score (nSPS) is 18.0. The van der Waals surface area contributed by atoms with Crippen molar-refractivity contribution in [1.29, 1.82) is 0 Å². The number of amides is 1. The SMILES string of the molecule is COc1ccc([C@@H]2C(=C(O)c3ccc4c(c3)OCCO4)C(=O)C(=O)N2c2nc3ccc(Cl)cc3s2)cc1OC. The van der Waals surface area contributed by atoms with Crippen molar-refractivity contribution in [3.05, 3.63) is 76.3 Å². The lowest BCUT2D eigenvalue weighted by molar-refractivity contribution is -0.132. The number of methoxy groups -OCH3 is 2. The summed E-state index contributed by atoms with van der Waals surface area (Å²) in [5.74, 6) is -0.181. The molecule has 0 unspecified atom stereocenters. The first-order valence-electron chi connectivity index (χ1n) is 11.9. The van der Waals surface area contributed by atoms with Crippen LogP contribution in [0, 0.1) is 0 Å². The number of aromatic nitrogens is 1. The van der Waals surface area contributed by atoms with Crippen molar-refractivity contribution in [3.8, 4) is 23.0 Å². The third-order valence-corrected chi connectivity index (χ3v) is 7.78. The van der Waals surface area contributed by atoms with Gasteiger partial charge in [0.15, 0.2) is 28.1 Å². The molecule has 3 heterocycles. The third-order valence-electron chi connectivity index (χ3n) is 6.53. The number of anilines is 1. The number of carbonyl (C=O) groups excluding carboxylic acids is 2. The van der Waals surface area contributed by atoms with Gasteiger partial charge in [-0.25, -0.2) is 4.98 Å². The highest BCUT2D eigenvalue weighted by molar-refractivity contribution is 7.22. The molecule has 9 nitrogen and oxygen atoms in total. The number of thiazole rings is 1. The Hall–Kier alpha value is -4.28. The van der Waals surface area contributed by atoms with Gasteiger partial charge in [-0.05, 0) is 54.1 Å². The summed E-state index contributed by atoms with van der Waals surface area (Å²) in [5.41, 5.74) is 1.35. The predicted octanol–water partition coefficient (Wildman–Crippen LogP) is 5.36. The average Bonchev–Trinajstić information content (AvgIpc) is 3.49. The molecule has 198 valence electrons. The van der Waals surface area contributed by atoms with Gasteiger partial charge in [0.25, 0.3) is 5.78 Å². The number of ketones is 1. The third kappa shape index (κ3) is 4.21. The van der Waals surface area contributed by atoms with Gasteiger partial charge in [0.05, 0.1) is 36.1 Å². The Morgan fingerprint density at radius 2 is 1.77 bits per heavy atom. The van der Waals surface area contributed by atoms with Crippen molar-refractivity contribution < 1.29 is 33.6 Å². The van der Waals surface area contributed by atoms with Gasteiger partial charge in [-0.3, -0.25) is 14.5 Å². The van der Waals surface area contributed by atoms with Crippen LogP contribution in [-0.2, 0) is 9.59 Å². The Morgan fingerprint density at radius 3 is 2.54 bits per heavy atom. The lowest BCUT2D eigenvalue weighted by Crippen LogP contribution is -2.29. The maximum Gasteiger partial charge on any atom is 0.301 e. The Morgan fingerprint density at radius 1 is 1.00 bits per heavy atom. The maximum atomic E-state index is 13.6. The zero-order valence-corrected chi connectivity index (χ0v) is 22.3. The van der Waals surface area contributed by atoms with E-state index in [1.165, 1.54) is 30.5 Å². The number of aliphatic hydroxyl groups is 1. The summed E-state index contributed by atoms with van der Waals surface area (Å²) in [4.78, 5) is 33.0. The second kappa shape index (κ2) is 9.79. The van der Waals surface area contributed by atoms with Crippen LogP contribution < -0.4 is 23.8 Å². The van der Waals surface area contributed by atoms with Crippen molar-refractivity contribution in [2.75, 3.05) is 32.3 Å². The van der Waals surface area contributed by atoms with E-state index in [0.29, 0.717) is 57.9 Å². The highest BCUT2D eigenvalue weighted by atomic mass is 35.5. The summed E-state index contributed by atoms with van der Waals surface area (Å²) in [6.07, 6.45) is 0. The molecule has 1 amide bonds. The minimum atomic E-state index is -1.01. The van der Waals surface area contributed by atoms with Crippen LogP contribution in [0.1, 0.15) is 17.2 Å². The Labute approximate surface area is 231 Å². The Bertz CT molecular complexity index is 1680. The lowest BCUT2D eigenvalue weighted by Gasteiger charge is -2.24. The summed E-state index contributed by atoms with van der Waals surface area (Å²) >= 11 is 7.39. The van der Waals surface area contributed by atoms with E-state index in [2.05, 4.69) is 4.98 Å². The minimum Gasteiger partial charge on any atom is -0.507 e. The molecule has 2 aliphatic heterocycles. The van der Waals surface area contributed by atoms with Crippen LogP contribution in [0.25, 0.3) is 16.0 Å². The number of carbonyl (C=O) groups is 2. The molecule has 2 aliphatic rings. The van der Waals surface area contributed by atoms with E-state index in [9.17, 15) is 14.7 Å². The molecule has 1 atom stereocenters. The van der Waals surface area contributed by atoms with Crippen molar-refractivity contribution in [2.45, 2.75) is 6.04 Å². The standard InChI is InChI=1S/C28H21ClN2O7S/c1-35-18-7-3-14(11-20(18)36-2)24-23(25(32)15-4-8-19-21(12-15)38-10-9-37-19)26(33)27(34)31(24)28-30-17-6-5-16(29)13-22(17)39-28/h3-8,11-13,24,32H,9-10H2,1-2H3/t24-/m1/s1. The molecule has 0 radical (unpaired) electrons. The van der Waals surface area contributed by atoms with Crippen molar-refractivity contribution >= 4 is 55.7 Å². The molecule has 0 spiro atoms. The van der Waals surface area contributed by atoms with Gasteiger partial charge in [-0.2, -0.15) is 0 Å². The molecule has 39 heavy (non-hydrogen) atoms. The summed E-state index contributed by atoms with van der Waals surface area (Å²) in [6.45, 7) is 0.769. The van der Waals surface area contributed by atoms with Crippen molar-refractivity contribution in [2.24, 2.45) is 0 Å². The molecule has 6 rings (SSSR count). The molecule has 1 aromatic heterocycles. The monoisotopic (exact) mass is 564 g/mol. The highest BCUT2D eigenvalue weighted by Crippen LogP contribution is 2.46.